The van der Waals surface area contributed by atoms with Crippen molar-refractivity contribution in [3.05, 3.63) is 65.5 Å². The fourth-order valence-electron chi connectivity index (χ4n) is 7.65. The molecule has 0 N–H and O–H groups in total. The highest BCUT2D eigenvalue weighted by Crippen LogP contribution is 2.71. The predicted molar refractivity (Wildman–Crippen MR) is 115 cm³/mol. The second kappa shape index (κ2) is 6.39. The zero-order chi connectivity index (χ0) is 20.4. The van der Waals surface area contributed by atoms with Crippen LogP contribution in [0.25, 0.3) is 0 Å². The normalized spacial score (nSPS) is 39.5. The monoisotopic (exact) mass is 399 g/mol. The van der Waals surface area contributed by atoms with Gasteiger partial charge in [-0.2, -0.15) is 5.26 Å². The number of fused-ring (bicyclic) bond motifs is 2. The molecule has 5 aliphatic rings. The molecule has 4 nitrogen and oxygen atoms in total. The Morgan fingerprint density at radius 1 is 1.03 bits per heavy atom. The van der Waals surface area contributed by atoms with E-state index >= 15 is 0 Å². The van der Waals surface area contributed by atoms with Gasteiger partial charge in [0.25, 0.3) is 0 Å². The van der Waals surface area contributed by atoms with Crippen molar-refractivity contribution in [2.75, 3.05) is 20.2 Å². The van der Waals surface area contributed by atoms with Crippen LogP contribution in [0.3, 0.4) is 0 Å². The van der Waals surface area contributed by atoms with Crippen molar-refractivity contribution in [1.29, 1.82) is 5.26 Å². The molecule has 0 amide bonds. The largest absolute Gasteiger partial charge is 0.373 e. The van der Waals surface area contributed by atoms with Crippen LogP contribution in [0.1, 0.15) is 55.3 Å². The molecule has 30 heavy (non-hydrogen) atoms. The number of rotatable bonds is 4. The molecule has 4 aliphatic carbocycles. The molecular weight excluding hydrogens is 370 g/mol. The van der Waals surface area contributed by atoms with Crippen LogP contribution in [0, 0.1) is 23.2 Å². The fraction of sp³-hybridized carbons (Fsp3) is 0.538. The smallest absolute Gasteiger partial charge is 0.140 e. The Morgan fingerprint density at radius 2 is 1.73 bits per heavy atom. The van der Waals surface area contributed by atoms with E-state index in [1.54, 1.807) is 6.20 Å². The van der Waals surface area contributed by atoms with Crippen molar-refractivity contribution in [3.63, 3.8) is 0 Å². The third kappa shape index (κ3) is 2.31. The second-order valence-corrected chi connectivity index (χ2v) is 10.2. The summed E-state index contributed by atoms with van der Waals surface area (Å²) in [6, 6.07) is 17.4. The van der Waals surface area contributed by atoms with Crippen LogP contribution in [0.2, 0.25) is 0 Å². The van der Waals surface area contributed by atoms with Gasteiger partial charge >= 0.3 is 0 Å². The Labute approximate surface area is 178 Å². The topological polar surface area (TPSA) is 49.1 Å². The molecule has 2 aromatic rings. The molecule has 1 unspecified atom stereocenters. The van der Waals surface area contributed by atoms with Gasteiger partial charge in [0, 0.05) is 49.2 Å². The summed E-state index contributed by atoms with van der Waals surface area (Å²) < 4.78 is 6.38. The van der Waals surface area contributed by atoms with E-state index in [4.69, 9.17) is 4.74 Å². The molecule has 1 aromatic carbocycles. The molecule has 4 bridgehead atoms. The number of methoxy groups -OCH3 is 1. The standard InChI is InChI=1S/C26H29N3O/c1-30-26(20-10-11-28-23(12-20)13-27)21-8-5-9-22(26)15-29(14-21)25-16-24(17-25,18-25)19-6-3-2-4-7-19/h2-4,6-7,10-12,21-22H,5,8-9,14-18H2,1H3/t21-,22+,24?,25?,26?. The van der Waals surface area contributed by atoms with Crippen LogP contribution in [0.4, 0.5) is 0 Å². The summed E-state index contributed by atoms with van der Waals surface area (Å²) in [6.45, 7) is 2.22. The molecule has 0 spiro atoms. The van der Waals surface area contributed by atoms with Crippen LogP contribution in [-0.4, -0.2) is 35.6 Å². The number of nitriles is 1. The quantitative estimate of drug-likeness (QED) is 0.765. The summed E-state index contributed by atoms with van der Waals surface area (Å²) >= 11 is 0. The van der Waals surface area contributed by atoms with Crippen molar-refractivity contribution in [3.8, 4) is 6.07 Å². The molecule has 4 heteroatoms. The number of ether oxygens (including phenoxy) is 1. The first-order valence-electron chi connectivity index (χ1n) is 11.4. The first-order valence-corrected chi connectivity index (χ1v) is 11.4. The number of piperidine rings is 1. The minimum Gasteiger partial charge on any atom is -0.373 e. The Bertz CT molecular complexity index is 977. The first-order chi connectivity index (χ1) is 14.6. The van der Waals surface area contributed by atoms with E-state index in [0.29, 0.717) is 28.5 Å². The van der Waals surface area contributed by atoms with Gasteiger partial charge < -0.3 is 4.74 Å². The number of pyridine rings is 1. The van der Waals surface area contributed by atoms with E-state index in [2.05, 4.69) is 52.4 Å². The highest BCUT2D eigenvalue weighted by atomic mass is 16.5. The number of likely N-dealkylation sites (tertiary alicyclic amines) is 1. The molecule has 4 saturated carbocycles. The zero-order valence-electron chi connectivity index (χ0n) is 17.7. The van der Waals surface area contributed by atoms with Crippen molar-refractivity contribution in [2.45, 2.75) is 55.1 Å². The summed E-state index contributed by atoms with van der Waals surface area (Å²) in [4.78, 5) is 7.03. The maximum atomic E-state index is 9.37. The van der Waals surface area contributed by atoms with Crippen molar-refractivity contribution in [1.82, 2.24) is 9.88 Å². The number of aromatic nitrogens is 1. The minimum atomic E-state index is -0.274. The first kappa shape index (κ1) is 18.5. The lowest BCUT2D eigenvalue weighted by atomic mass is 9.36. The molecule has 5 fully saturated rings. The summed E-state index contributed by atoms with van der Waals surface area (Å²) in [7, 11) is 1.87. The van der Waals surface area contributed by atoms with Crippen LogP contribution in [-0.2, 0) is 15.8 Å². The average Bonchev–Trinajstić information content (AvgIpc) is 2.72. The molecule has 3 atom stereocenters. The number of benzene rings is 1. The Balaban J connectivity index is 1.27. The van der Waals surface area contributed by atoms with Gasteiger partial charge in [-0.05, 0) is 55.4 Å². The zero-order valence-corrected chi connectivity index (χ0v) is 17.7. The number of nitrogens with zero attached hydrogens (tertiary/aromatic N) is 3. The fourth-order valence-corrected chi connectivity index (χ4v) is 7.65. The van der Waals surface area contributed by atoms with E-state index in [1.807, 2.05) is 13.2 Å². The molecule has 1 aromatic heterocycles. The molecule has 154 valence electrons. The van der Waals surface area contributed by atoms with Gasteiger partial charge in [0.2, 0.25) is 0 Å². The van der Waals surface area contributed by atoms with Gasteiger partial charge in [0.1, 0.15) is 17.4 Å². The van der Waals surface area contributed by atoms with E-state index in [0.717, 1.165) is 18.7 Å². The summed E-state index contributed by atoms with van der Waals surface area (Å²) in [5.74, 6) is 0.955. The van der Waals surface area contributed by atoms with Crippen LogP contribution >= 0.6 is 0 Å². The summed E-state index contributed by atoms with van der Waals surface area (Å²) in [6.07, 6.45) is 9.41. The third-order valence-corrected chi connectivity index (χ3v) is 8.92. The lowest BCUT2D eigenvalue weighted by Crippen LogP contribution is -2.79. The van der Waals surface area contributed by atoms with Gasteiger partial charge in [-0.3, -0.25) is 4.90 Å². The molecule has 2 heterocycles. The van der Waals surface area contributed by atoms with E-state index in [9.17, 15) is 5.26 Å². The van der Waals surface area contributed by atoms with Gasteiger partial charge in [0.05, 0.1) is 0 Å². The van der Waals surface area contributed by atoms with Crippen LogP contribution in [0.15, 0.2) is 48.7 Å². The summed E-state index contributed by atoms with van der Waals surface area (Å²) in [5, 5.41) is 9.37. The Morgan fingerprint density at radius 3 is 2.37 bits per heavy atom. The van der Waals surface area contributed by atoms with E-state index in [-0.39, 0.29) is 5.60 Å². The Hall–Kier alpha value is -2.22. The average molecular weight is 400 g/mol. The highest BCUT2D eigenvalue weighted by Gasteiger charge is 2.72. The third-order valence-electron chi connectivity index (χ3n) is 8.92. The predicted octanol–water partition coefficient (Wildman–Crippen LogP) is 4.40. The van der Waals surface area contributed by atoms with Gasteiger partial charge in [0.15, 0.2) is 0 Å². The van der Waals surface area contributed by atoms with E-state index in [1.165, 1.54) is 44.1 Å². The van der Waals surface area contributed by atoms with Crippen LogP contribution < -0.4 is 0 Å². The molecular formula is C26H29N3O. The van der Waals surface area contributed by atoms with E-state index < -0.39 is 0 Å². The SMILES string of the molecule is COC1(c2ccnc(C#N)c2)[C@@H]2CCC[C@H]1CN(C13CC(c4ccccc4)(C1)C3)C2. The maximum absolute atomic E-state index is 9.37. The lowest BCUT2D eigenvalue weighted by Gasteiger charge is -2.76. The molecule has 0 radical (unpaired) electrons. The van der Waals surface area contributed by atoms with Gasteiger partial charge in [-0.15, -0.1) is 0 Å². The molecule has 7 rings (SSSR count). The minimum absolute atomic E-state index is 0.274. The lowest BCUT2D eigenvalue weighted by molar-refractivity contribution is -0.236. The van der Waals surface area contributed by atoms with Crippen molar-refractivity contribution < 1.29 is 4.74 Å². The molecule has 1 saturated heterocycles. The Kier molecular flexibility index (Phi) is 3.95. The number of hydrogen-bond acceptors (Lipinski definition) is 4. The highest BCUT2D eigenvalue weighted by molar-refractivity contribution is 5.42. The van der Waals surface area contributed by atoms with Crippen LogP contribution in [0.5, 0.6) is 0 Å². The van der Waals surface area contributed by atoms with Crippen molar-refractivity contribution >= 4 is 0 Å². The number of hydrogen-bond donors (Lipinski definition) is 0. The maximum Gasteiger partial charge on any atom is 0.140 e. The summed E-state index contributed by atoms with van der Waals surface area (Å²) in [5.41, 5.74) is 3.77. The van der Waals surface area contributed by atoms with Crippen molar-refractivity contribution in [2.24, 2.45) is 11.8 Å². The van der Waals surface area contributed by atoms with Gasteiger partial charge in [-0.25, -0.2) is 4.98 Å². The second-order valence-electron chi connectivity index (χ2n) is 10.2. The molecule has 1 aliphatic heterocycles. The van der Waals surface area contributed by atoms with Gasteiger partial charge in [-0.1, -0.05) is 36.8 Å².